The van der Waals surface area contributed by atoms with Crippen molar-refractivity contribution in [2.75, 3.05) is 7.11 Å². The largest absolute Gasteiger partial charge is 0.493 e. The monoisotopic (exact) mass is 342 g/mol. The maximum atomic E-state index is 11.2. The van der Waals surface area contributed by atoms with Gasteiger partial charge in [0.1, 0.15) is 0 Å². The molecule has 2 aliphatic carbocycles. The normalized spacial score (nSPS) is 26.8. The average molecular weight is 342 g/mol. The van der Waals surface area contributed by atoms with Crippen LogP contribution in [-0.2, 0) is 10.2 Å². The second-order valence-corrected chi connectivity index (χ2v) is 7.23. The molecule has 0 radical (unpaired) electrons. The highest BCUT2D eigenvalue weighted by atomic mass is 16.5. The van der Waals surface area contributed by atoms with Crippen molar-refractivity contribution in [1.29, 1.82) is 0 Å². The molecule has 4 heteroatoms. The fourth-order valence-electron chi connectivity index (χ4n) is 4.13. The van der Waals surface area contributed by atoms with Crippen LogP contribution < -0.4 is 9.47 Å². The number of rotatable bonds is 5. The van der Waals surface area contributed by atoms with E-state index in [4.69, 9.17) is 15.9 Å². The Bertz CT molecular complexity index is 659. The second kappa shape index (κ2) is 7.39. The molecular formula is C21H26O4. The van der Waals surface area contributed by atoms with Crippen LogP contribution in [-0.4, -0.2) is 24.3 Å². The van der Waals surface area contributed by atoms with Gasteiger partial charge in [-0.3, -0.25) is 4.79 Å². The number of hydrogen-bond acceptors (Lipinski definition) is 3. The molecule has 0 aliphatic heterocycles. The molecular weight excluding hydrogens is 316 g/mol. The number of hydrogen-bond donors (Lipinski definition) is 1. The molecule has 0 atom stereocenters. The molecule has 1 aromatic rings. The van der Waals surface area contributed by atoms with E-state index in [9.17, 15) is 9.90 Å². The van der Waals surface area contributed by atoms with Crippen LogP contribution in [0.3, 0.4) is 0 Å². The quantitative estimate of drug-likeness (QED) is 0.816. The number of carboxylic acids is 1. The zero-order valence-electron chi connectivity index (χ0n) is 14.8. The summed E-state index contributed by atoms with van der Waals surface area (Å²) >= 11 is 0. The van der Waals surface area contributed by atoms with Gasteiger partial charge in [0.25, 0.3) is 0 Å². The van der Waals surface area contributed by atoms with Crippen molar-refractivity contribution in [3.05, 3.63) is 23.8 Å². The molecule has 0 spiro atoms. The summed E-state index contributed by atoms with van der Waals surface area (Å²) in [7, 11) is 1.64. The van der Waals surface area contributed by atoms with Gasteiger partial charge in [-0.05, 0) is 69.1 Å². The van der Waals surface area contributed by atoms with Crippen LogP contribution in [0.2, 0.25) is 0 Å². The first-order valence-electron chi connectivity index (χ1n) is 9.14. The molecule has 1 N–H and O–H groups in total. The van der Waals surface area contributed by atoms with Gasteiger partial charge in [0.05, 0.1) is 24.5 Å². The molecule has 2 aliphatic rings. The summed E-state index contributed by atoms with van der Waals surface area (Å²) in [5, 5.41) is 9.24. The van der Waals surface area contributed by atoms with E-state index in [1.165, 1.54) is 12.8 Å². The Morgan fingerprint density at radius 1 is 1.20 bits per heavy atom. The van der Waals surface area contributed by atoms with E-state index in [-0.39, 0.29) is 12.0 Å². The lowest BCUT2D eigenvalue weighted by Gasteiger charge is -2.36. The summed E-state index contributed by atoms with van der Waals surface area (Å²) in [6.45, 7) is 0. The molecule has 1 aromatic carbocycles. The predicted octanol–water partition coefficient (Wildman–Crippen LogP) is 4.16. The summed E-state index contributed by atoms with van der Waals surface area (Å²) in [5.41, 5.74) is 0.624. The Labute approximate surface area is 149 Å². The highest BCUT2D eigenvalue weighted by Crippen LogP contribution is 2.44. The lowest BCUT2D eigenvalue weighted by molar-refractivity contribution is -0.143. The topological polar surface area (TPSA) is 55.8 Å². The van der Waals surface area contributed by atoms with E-state index in [2.05, 4.69) is 5.92 Å². The molecule has 4 nitrogen and oxygen atoms in total. The highest BCUT2D eigenvalue weighted by molar-refractivity contribution is 5.70. The third-order valence-electron chi connectivity index (χ3n) is 5.78. The molecule has 0 unspecified atom stereocenters. The van der Waals surface area contributed by atoms with E-state index in [0.29, 0.717) is 25.7 Å². The summed E-state index contributed by atoms with van der Waals surface area (Å²) < 4.78 is 11.6. The third kappa shape index (κ3) is 3.61. The Balaban J connectivity index is 1.85. The molecule has 2 fully saturated rings. The van der Waals surface area contributed by atoms with Gasteiger partial charge in [-0.2, -0.15) is 0 Å². The first-order chi connectivity index (χ1) is 12.1. The van der Waals surface area contributed by atoms with Crippen molar-refractivity contribution in [2.45, 2.75) is 62.9 Å². The van der Waals surface area contributed by atoms with Crippen molar-refractivity contribution >= 4 is 5.97 Å². The lowest BCUT2D eigenvalue weighted by atomic mass is 9.67. The summed E-state index contributed by atoms with van der Waals surface area (Å²) in [6, 6.07) is 5.93. The van der Waals surface area contributed by atoms with Gasteiger partial charge in [0.15, 0.2) is 11.5 Å². The van der Waals surface area contributed by atoms with E-state index >= 15 is 0 Å². The fourth-order valence-corrected chi connectivity index (χ4v) is 4.13. The number of carbonyl (C=O) groups is 1. The third-order valence-corrected chi connectivity index (χ3v) is 5.78. The van der Waals surface area contributed by atoms with Gasteiger partial charge in [-0.25, -0.2) is 0 Å². The molecule has 0 amide bonds. The van der Waals surface area contributed by atoms with Crippen molar-refractivity contribution in [3.8, 4) is 23.8 Å². The zero-order valence-corrected chi connectivity index (χ0v) is 14.8. The molecule has 0 heterocycles. The van der Waals surface area contributed by atoms with Gasteiger partial charge in [0.2, 0.25) is 0 Å². The van der Waals surface area contributed by atoms with Crippen molar-refractivity contribution in [2.24, 2.45) is 5.92 Å². The molecule has 0 bridgehead atoms. The number of methoxy groups -OCH3 is 1. The van der Waals surface area contributed by atoms with Gasteiger partial charge in [-0.1, -0.05) is 12.0 Å². The van der Waals surface area contributed by atoms with Crippen LogP contribution in [0.15, 0.2) is 18.2 Å². The van der Waals surface area contributed by atoms with Crippen LogP contribution in [0.4, 0.5) is 0 Å². The zero-order chi connectivity index (χ0) is 17.9. The maximum absolute atomic E-state index is 11.2. The minimum Gasteiger partial charge on any atom is -0.493 e. The van der Waals surface area contributed by atoms with Crippen molar-refractivity contribution < 1.29 is 19.4 Å². The average Bonchev–Trinajstić information content (AvgIpc) is 3.14. The van der Waals surface area contributed by atoms with E-state index in [1.54, 1.807) is 7.11 Å². The summed E-state index contributed by atoms with van der Waals surface area (Å²) in [4.78, 5) is 11.2. The SMILES string of the molecule is C#C[C@]1(c2ccc(OC)c(OC3CCCC3)c2)CC[C@H](C(=O)O)CC1. The lowest BCUT2D eigenvalue weighted by Crippen LogP contribution is -2.33. The number of ether oxygens (including phenoxy) is 2. The van der Waals surface area contributed by atoms with Gasteiger partial charge >= 0.3 is 5.97 Å². The van der Waals surface area contributed by atoms with E-state index in [0.717, 1.165) is 29.9 Å². The Hall–Kier alpha value is -2.15. The maximum Gasteiger partial charge on any atom is 0.306 e. The summed E-state index contributed by atoms with van der Waals surface area (Å²) in [5.74, 6) is 3.44. The number of benzene rings is 1. The van der Waals surface area contributed by atoms with Gasteiger partial charge in [0, 0.05) is 0 Å². The van der Waals surface area contributed by atoms with Crippen LogP contribution in [0, 0.1) is 18.3 Å². The molecule has 2 saturated carbocycles. The first kappa shape index (κ1) is 17.7. The number of terminal acetylenes is 1. The minimum atomic E-state index is -0.717. The Kier molecular flexibility index (Phi) is 5.22. The highest BCUT2D eigenvalue weighted by Gasteiger charge is 2.38. The summed E-state index contributed by atoms with van der Waals surface area (Å²) in [6.07, 6.45) is 13.3. The Morgan fingerprint density at radius 2 is 1.88 bits per heavy atom. The van der Waals surface area contributed by atoms with Crippen LogP contribution in [0.1, 0.15) is 56.9 Å². The van der Waals surface area contributed by atoms with Crippen LogP contribution in [0.25, 0.3) is 0 Å². The van der Waals surface area contributed by atoms with E-state index in [1.807, 2.05) is 18.2 Å². The number of aliphatic carboxylic acids is 1. The van der Waals surface area contributed by atoms with Gasteiger partial charge < -0.3 is 14.6 Å². The first-order valence-corrected chi connectivity index (χ1v) is 9.14. The second-order valence-electron chi connectivity index (χ2n) is 7.23. The predicted molar refractivity (Wildman–Crippen MR) is 96.0 cm³/mol. The smallest absolute Gasteiger partial charge is 0.306 e. The van der Waals surface area contributed by atoms with Crippen LogP contribution in [0.5, 0.6) is 11.5 Å². The fraction of sp³-hybridized carbons (Fsp3) is 0.571. The molecule has 25 heavy (non-hydrogen) atoms. The van der Waals surface area contributed by atoms with Gasteiger partial charge in [-0.15, -0.1) is 6.42 Å². The van der Waals surface area contributed by atoms with Crippen molar-refractivity contribution in [1.82, 2.24) is 0 Å². The molecule has 134 valence electrons. The Morgan fingerprint density at radius 3 is 2.44 bits per heavy atom. The molecule has 0 saturated heterocycles. The minimum absolute atomic E-state index is 0.244. The molecule has 0 aromatic heterocycles. The van der Waals surface area contributed by atoms with Crippen molar-refractivity contribution in [3.63, 3.8) is 0 Å². The van der Waals surface area contributed by atoms with Crippen LogP contribution >= 0.6 is 0 Å². The molecule has 3 rings (SSSR count). The number of carboxylic acid groups (broad SMARTS) is 1. The van der Waals surface area contributed by atoms with E-state index < -0.39 is 11.4 Å². The standard InChI is InChI=1S/C21H26O4/c1-3-21(12-10-15(11-13-21)20(22)23)16-8-9-18(24-2)19(14-16)25-17-6-4-5-7-17/h1,8-9,14-15,17H,4-7,10-13H2,2H3,(H,22,23)/t15-,21-.